The lowest BCUT2D eigenvalue weighted by molar-refractivity contribution is 0.201. The molecule has 3 rings (SSSR count). The summed E-state index contributed by atoms with van der Waals surface area (Å²) in [6.45, 7) is 1.88. The fraction of sp³-hybridized carbons (Fsp3) is 0.429. The molecule has 172 valence electrons. The molecule has 3 N–H and O–H groups in total. The molecule has 10 nitrogen and oxygen atoms in total. The van der Waals surface area contributed by atoms with Crippen LogP contribution in [0.25, 0.3) is 0 Å². The number of sulfonamides is 1. The number of urea groups is 1. The summed E-state index contributed by atoms with van der Waals surface area (Å²) in [6, 6.07) is 5.24. The molecule has 0 saturated heterocycles. The fourth-order valence-electron chi connectivity index (χ4n) is 3.55. The average molecular weight is 462 g/mol. The largest absolute Gasteiger partial charge is 0.465 e. The first-order valence-corrected chi connectivity index (χ1v) is 11.9. The number of nitrogens with one attached hydrogen (secondary N) is 2. The van der Waals surface area contributed by atoms with Crippen molar-refractivity contribution in [2.75, 3.05) is 11.4 Å². The molecule has 1 heterocycles. The maximum atomic E-state index is 12.5. The Hall–Kier alpha value is -3.21. The van der Waals surface area contributed by atoms with E-state index >= 15 is 0 Å². The van der Waals surface area contributed by atoms with E-state index in [1.54, 1.807) is 19.1 Å². The Kier molecular flexibility index (Phi) is 7.62. The summed E-state index contributed by atoms with van der Waals surface area (Å²) in [7, 11) is -4.00. The highest BCUT2D eigenvalue weighted by Gasteiger charge is 2.21. The van der Waals surface area contributed by atoms with Crippen molar-refractivity contribution in [3.63, 3.8) is 0 Å². The molecule has 32 heavy (non-hydrogen) atoms. The van der Waals surface area contributed by atoms with Crippen molar-refractivity contribution >= 4 is 28.0 Å². The van der Waals surface area contributed by atoms with Crippen molar-refractivity contribution in [2.24, 2.45) is 0 Å². The van der Waals surface area contributed by atoms with Gasteiger partial charge in [-0.25, -0.2) is 27.7 Å². The molecule has 1 aromatic carbocycles. The monoisotopic (exact) mass is 461 g/mol. The van der Waals surface area contributed by atoms with Gasteiger partial charge in [0, 0.05) is 12.6 Å². The lowest BCUT2D eigenvalue weighted by Crippen LogP contribution is -2.45. The summed E-state index contributed by atoms with van der Waals surface area (Å²) < 4.78 is 27.0. The van der Waals surface area contributed by atoms with Gasteiger partial charge in [0.05, 0.1) is 23.0 Å². The smallest absolute Gasteiger partial charge is 0.413 e. The highest BCUT2D eigenvalue weighted by molar-refractivity contribution is 7.90. The van der Waals surface area contributed by atoms with E-state index in [0.717, 1.165) is 42.6 Å². The molecule has 0 spiro atoms. The van der Waals surface area contributed by atoms with E-state index in [-0.39, 0.29) is 23.3 Å². The van der Waals surface area contributed by atoms with Crippen LogP contribution < -0.4 is 14.9 Å². The van der Waals surface area contributed by atoms with Crippen molar-refractivity contribution in [3.05, 3.63) is 47.9 Å². The molecular formula is C21H27N5O5S. The number of hydrogen-bond donors (Lipinski definition) is 3. The van der Waals surface area contributed by atoms with Gasteiger partial charge < -0.3 is 10.4 Å². The Morgan fingerprint density at radius 2 is 1.78 bits per heavy atom. The Morgan fingerprint density at radius 1 is 1.09 bits per heavy atom. The molecule has 1 saturated carbocycles. The predicted molar refractivity (Wildman–Crippen MR) is 118 cm³/mol. The number of aromatic nitrogens is 2. The first kappa shape index (κ1) is 23.5. The summed E-state index contributed by atoms with van der Waals surface area (Å²) in [4.78, 5) is 32.8. The van der Waals surface area contributed by atoms with Crippen molar-refractivity contribution in [2.45, 2.75) is 56.4 Å². The molecule has 11 heteroatoms. The van der Waals surface area contributed by atoms with Crippen LogP contribution >= 0.6 is 0 Å². The second-order valence-electron chi connectivity index (χ2n) is 7.76. The topological polar surface area (TPSA) is 142 Å². The van der Waals surface area contributed by atoms with Gasteiger partial charge >= 0.3 is 12.1 Å². The SMILES string of the molecule is Cc1cnc(N(CCc2ccc(S(=O)(=O)NC(=O)NC3CCCCC3)cc2)C(=O)O)cn1. The summed E-state index contributed by atoms with van der Waals surface area (Å²) in [6.07, 6.45) is 6.95. The van der Waals surface area contributed by atoms with Crippen LogP contribution in [0.2, 0.25) is 0 Å². The maximum absolute atomic E-state index is 12.5. The third-order valence-corrected chi connectivity index (χ3v) is 6.65. The van der Waals surface area contributed by atoms with Crippen molar-refractivity contribution in [1.82, 2.24) is 20.0 Å². The number of carbonyl (C=O) groups excluding carboxylic acids is 1. The van der Waals surface area contributed by atoms with Crippen molar-refractivity contribution < 1.29 is 23.1 Å². The number of anilines is 1. The van der Waals surface area contributed by atoms with Crippen molar-refractivity contribution in [1.29, 1.82) is 0 Å². The van der Waals surface area contributed by atoms with E-state index in [9.17, 15) is 23.1 Å². The number of aryl methyl sites for hydroxylation is 1. The van der Waals surface area contributed by atoms with Crippen LogP contribution in [0.4, 0.5) is 15.4 Å². The minimum absolute atomic E-state index is 0.00303. The van der Waals surface area contributed by atoms with Crippen LogP contribution in [0, 0.1) is 6.92 Å². The van der Waals surface area contributed by atoms with Gasteiger partial charge in [-0.2, -0.15) is 0 Å². The zero-order valence-electron chi connectivity index (χ0n) is 17.8. The first-order valence-electron chi connectivity index (χ1n) is 10.5. The molecule has 0 atom stereocenters. The molecule has 1 aliphatic rings. The molecule has 2 aromatic rings. The summed E-state index contributed by atoms with van der Waals surface area (Å²) in [5.41, 5.74) is 1.42. The summed E-state index contributed by atoms with van der Waals surface area (Å²) in [5.74, 6) is 0.218. The number of rotatable bonds is 7. The normalized spacial score (nSPS) is 14.5. The second kappa shape index (κ2) is 10.4. The van der Waals surface area contributed by atoms with Gasteiger partial charge in [0.15, 0.2) is 5.82 Å². The third kappa shape index (κ3) is 6.39. The Bertz CT molecular complexity index is 1040. The minimum Gasteiger partial charge on any atom is -0.465 e. The molecule has 1 aromatic heterocycles. The van der Waals surface area contributed by atoms with Crippen molar-refractivity contribution in [3.8, 4) is 0 Å². The fourth-order valence-corrected chi connectivity index (χ4v) is 4.47. The summed E-state index contributed by atoms with van der Waals surface area (Å²) in [5, 5.41) is 12.2. The third-order valence-electron chi connectivity index (χ3n) is 5.30. The van der Waals surface area contributed by atoms with Crippen LogP contribution in [0.3, 0.4) is 0 Å². The quantitative estimate of drug-likeness (QED) is 0.575. The second-order valence-corrected chi connectivity index (χ2v) is 9.44. The molecule has 0 bridgehead atoms. The highest BCUT2D eigenvalue weighted by atomic mass is 32.2. The number of benzene rings is 1. The van der Waals surface area contributed by atoms with Crippen LogP contribution in [0.5, 0.6) is 0 Å². The Morgan fingerprint density at radius 3 is 2.38 bits per heavy atom. The molecule has 1 aliphatic carbocycles. The van der Waals surface area contributed by atoms with Crippen LogP contribution in [-0.2, 0) is 16.4 Å². The van der Waals surface area contributed by atoms with Gasteiger partial charge in [0.1, 0.15) is 0 Å². The predicted octanol–water partition coefficient (Wildman–Crippen LogP) is 2.83. The zero-order valence-corrected chi connectivity index (χ0v) is 18.6. The zero-order chi connectivity index (χ0) is 23.1. The summed E-state index contributed by atoms with van der Waals surface area (Å²) >= 11 is 0. The number of nitrogens with zero attached hydrogens (tertiary/aromatic N) is 3. The van der Waals surface area contributed by atoms with E-state index in [4.69, 9.17) is 0 Å². The van der Waals surface area contributed by atoms with E-state index in [2.05, 4.69) is 20.0 Å². The van der Waals surface area contributed by atoms with E-state index in [0.29, 0.717) is 12.1 Å². The Labute approximate surface area is 187 Å². The molecule has 1 fully saturated rings. The molecular weight excluding hydrogens is 434 g/mol. The first-order chi connectivity index (χ1) is 15.2. The lowest BCUT2D eigenvalue weighted by Gasteiger charge is -2.22. The van der Waals surface area contributed by atoms with E-state index < -0.39 is 22.1 Å². The number of amides is 3. The molecule has 0 unspecified atom stereocenters. The molecule has 3 amide bonds. The van der Waals surface area contributed by atoms with Gasteiger partial charge in [-0.05, 0) is 43.9 Å². The highest BCUT2D eigenvalue weighted by Crippen LogP contribution is 2.18. The van der Waals surface area contributed by atoms with Gasteiger partial charge in [-0.15, -0.1) is 0 Å². The average Bonchev–Trinajstić information content (AvgIpc) is 2.75. The Balaban J connectivity index is 1.58. The number of carbonyl (C=O) groups is 2. The van der Waals surface area contributed by atoms with Gasteiger partial charge in [0.25, 0.3) is 10.0 Å². The standard InChI is InChI=1S/C21H27N5O5S/c1-15-13-23-19(14-22-15)26(21(28)29)12-11-16-7-9-18(10-8-16)32(30,31)25-20(27)24-17-5-3-2-4-6-17/h7-10,13-14,17H,2-6,11-12H2,1H3,(H,28,29)(H2,24,25,27). The van der Waals surface area contributed by atoms with Crippen LogP contribution in [0.1, 0.15) is 43.4 Å². The van der Waals surface area contributed by atoms with E-state index in [1.165, 1.54) is 24.5 Å². The molecule has 0 aliphatic heterocycles. The lowest BCUT2D eigenvalue weighted by atomic mass is 9.96. The van der Waals surface area contributed by atoms with E-state index in [1.807, 2.05) is 0 Å². The molecule has 0 radical (unpaired) electrons. The van der Waals surface area contributed by atoms with Crippen LogP contribution in [0.15, 0.2) is 41.6 Å². The van der Waals surface area contributed by atoms with Gasteiger partial charge in [-0.3, -0.25) is 9.88 Å². The maximum Gasteiger partial charge on any atom is 0.413 e. The number of carboxylic acid groups (broad SMARTS) is 1. The van der Waals surface area contributed by atoms with Crippen LogP contribution in [-0.4, -0.2) is 48.2 Å². The van der Waals surface area contributed by atoms with Gasteiger partial charge in [0.2, 0.25) is 0 Å². The number of hydrogen-bond acceptors (Lipinski definition) is 6. The van der Waals surface area contributed by atoms with Gasteiger partial charge in [-0.1, -0.05) is 31.4 Å². The minimum atomic E-state index is -4.00.